The van der Waals surface area contributed by atoms with Crippen LogP contribution in [0.3, 0.4) is 0 Å². The number of pyridine rings is 1. The number of fused-ring (bicyclic) bond motifs is 3. The second-order valence-corrected chi connectivity index (χ2v) is 4.84. The molecule has 5 heteroatoms. The summed E-state index contributed by atoms with van der Waals surface area (Å²) in [7, 11) is 1.98. The van der Waals surface area contributed by atoms with Gasteiger partial charge in [0.1, 0.15) is 25.8 Å². The Morgan fingerprint density at radius 3 is 2.74 bits per heavy atom. The van der Waals surface area contributed by atoms with Gasteiger partial charge in [0.05, 0.1) is 12.1 Å². The number of aromatic nitrogens is 1. The average molecular weight is 258 g/mol. The molecule has 98 valence electrons. The molecule has 0 bridgehead atoms. The van der Waals surface area contributed by atoms with Crippen molar-refractivity contribution < 1.29 is 14.2 Å². The molecule has 2 aliphatic heterocycles. The second kappa shape index (κ2) is 3.99. The normalized spacial score (nSPS) is 17.4. The van der Waals surface area contributed by atoms with Crippen molar-refractivity contribution >= 4 is 16.7 Å². The van der Waals surface area contributed by atoms with E-state index in [2.05, 4.69) is 6.07 Å². The fourth-order valence-electron chi connectivity index (χ4n) is 2.53. The Kier molecular flexibility index (Phi) is 2.29. The van der Waals surface area contributed by atoms with Crippen molar-refractivity contribution in [3.8, 4) is 11.5 Å². The van der Waals surface area contributed by atoms with Crippen LogP contribution < -0.4 is 14.4 Å². The van der Waals surface area contributed by atoms with E-state index in [1.54, 1.807) is 0 Å². The van der Waals surface area contributed by atoms with Gasteiger partial charge >= 0.3 is 0 Å². The highest BCUT2D eigenvalue weighted by Crippen LogP contribution is 2.36. The molecular weight excluding hydrogens is 244 g/mol. The van der Waals surface area contributed by atoms with Gasteiger partial charge in [-0.25, -0.2) is 4.98 Å². The molecule has 1 aromatic heterocycles. The minimum absolute atomic E-state index is 0.579. The molecule has 2 aliphatic rings. The zero-order valence-corrected chi connectivity index (χ0v) is 10.7. The number of nitrogens with zero attached hydrogens (tertiary/aromatic N) is 2. The zero-order valence-electron chi connectivity index (χ0n) is 10.7. The molecule has 0 spiro atoms. The van der Waals surface area contributed by atoms with E-state index in [1.807, 2.05) is 24.1 Å². The van der Waals surface area contributed by atoms with Crippen LogP contribution in [-0.2, 0) is 11.3 Å². The molecule has 0 saturated carbocycles. The largest absolute Gasteiger partial charge is 0.486 e. The van der Waals surface area contributed by atoms with Crippen molar-refractivity contribution in [1.82, 2.24) is 4.98 Å². The predicted molar refractivity (Wildman–Crippen MR) is 70.8 cm³/mol. The molecule has 0 unspecified atom stereocenters. The lowest BCUT2D eigenvalue weighted by atomic mass is 10.1. The summed E-state index contributed by atoms with van der Waals surface area (Å²) in [5.74, 6) is 2.56. The first kappa shape index (κ1) is 10.9. The molecule has 5 nitrogen and oxygen atoms in total. The number of hydrogen-bond donors (Lipinski definition) is 0. The molecule has 0 radical (unpaired) electrons. The summed E-state index contributed by atoms with van der Waals surface area (Å²) in [5.41, 5.74) is 2.04. The first-order valence-corrected chi connectivity index (χ1v) is 6.33. The van der Waals surface area contributed by atoms with E-state index >= 15 is 0 Å². The van der Waals surface area contributed by atoms with E-state index in [1.165, 1.54) is 0 Å². The van der Waals surface area contributed by atoms with Gasteiger partial charge in [0.2, 0.25) is 0 Å². The highest BCUT2D eigenvalue weighted by Gasteiger charge is 2.19. The van der Waals surface area contributed by atoms with Crippen LogP contribution in [-0.4, -0.2) is 32.0 Å². The molecule has 0 atom stereocenters. The van der Waals surface area contributed by atoms with Crippen molar-refractivity contribution in [1.29, 1.82) is 0 Å². The maximum atomic E-state index is 5.60. The van der Waals surface area contributed by atoms with Gasteiger partial charge in [-0.2, -0.15) is 0 Å². The van der Waals surface area contributed by atoms with Crippen molar-refractivity contribution in [2.24, 2.45) is 0 Å². The molecule has 4 rings (SSSR count). The van der Waals surface area contributed by atoms with Gasteiger partial charge in [0.25, 0.3) is 0 Å². The lowest BCUT2D eigenvalue weighted by molar-refractivity contribution is 0.113. The Hall–Kier alpha value is -2.01. The number of rotatable bonds is 0. The molecule has 0 amide bonds. The highest BCUT2D eigenvalue weighted by molar-refractivity contribution is 5.85. The molecule has 0 aliphatic carbocycles. The van der Waals surface area contributed by atoms with Crippen LogP contribution in [0.2, 0.25) is 0 Å². The van der Waals surface area contributed by atoms with Gasteiger partial charge in [-0.3, -0.25) is 0 Å². The molecule has 3 heterocycles. The fourth-order valence-corrected chi connectivity index (χ4v) is 2.53. The summed E-state index contributed by atoms with van der Waals surface area (Å²) in [6.45, 7) is 2.38. The summed E-state index contributed by atoms with van der Waals surface area (Å²) in [6.07, 6.45) is 0. The predicted octanol–water partition coefficient (Wildman–Crippen LogP) is 1.93. The van der Waals surface area contributed by atoms with Crippen molar-refractivity contribution in [2.45, 2.75) is 6.61 Å². The van der Waals surface area contributed by atoms with Gasteiger partial charge in [0, 0.05) is 24.1 Å². The molecular formula is C14H14N2O3. The minimum Gasteiger partial charge on any atom is -0.486 e. The molecule has 19 heavy (non-hydrogen) atoms. The van der Waals surface area contributed by atoms with E-state index in [0.29, 0.717) is 26.6 Å². The topological polar surface area (TPSA) is 43.8 Å². The lowest BCUT2D eigenvalue weighted by Crippen LogP contribution is -2.27. The van der Waals surface area contributed by atoms with Crippen LogP contribution in [0.4, 0.5) is 5.82 Å². The Balaban J connectivity index is 1.93. The van der Waals surface area contributed by atoms with E-state index < -0.39 is 0 Å². The van der Waals surface area contributed by atoms with Gasteiger partial charge in [-0.05, 0) is 12.1 Å². The van der Waals surface area contributed by atoms with Crippen molar-refractivity contribution in [3.63, 3.8) is 0 Å². The van der Waals surface area contributed by atoms with E-state index in [0.717, 1.165) is 33.8 Å². The lowest BCUT2D eigenvalue weighted by Gasteiger charge is -2.27. The first-order valence-electron chi connectivity index (χ1n) is 6.33. The van der Waals surface area contributed by atoms with Gasteiger partial charge in [0.15, 0.2) is 11.5 Å². The van der Waals surface area contributed by atoms with Crippen molar-refractivity contribution in [3.05, 3.63) is 23.8 Å². The quantitative estimate of drug-likeness (QED) is 0.722. The molecule has 0 fully saturated rings. The third kappa shape index (κ3) is 1.69. The maximum absolute atomic E-state index is 5.60. The fraction of sp³-hybridized carbons (Fsp3) is 0.357. The van der Waals surface area contributed by atoms with E-state index in [9.17, 15) is 0 Å². The van der Waals surface area contributed by atoms with Gasteiger partial charge in [-0.15, -0.1) is 0 Å². The third-order valence-electron chi connectivity index (χ3n) is 3.44. The van der Waals surface area contributed by atoms with Crippen LogP contribution in [0.1, 0.15) is 5.56 Å². The standard InChI is InChI=1S/C14H14N2O3/c1-16-8-17-7-10-4-9-5-12-13(19-3-2-18-12)6-11(9)15-14(10)16/h4-6H,2-3,7-8H2,1H3. The Labute approximate surface area is 110 Å². The average Bonchev–Trinajstić information content (AvgIpc) is 2.44. The van der Waals surface area contributed by atoms with Crippen LogP contribution in [0.15, 0.2) is 18.2 Å². The highest BCUT2D eigenvalue weighted by atomic mass is 16.6. The number of benzene rings is 1. The maximum Gasteiger partial charge on any atom is 0.163 e. The minimum atomic E-state index is 0.579. The number of ether oxygens (including phenoxy) is 3. The van der Waals surface area contributed by atoms with Crippen LogP contribution in [0, 0.1) is 0 Å². The second-order valence-electron chi connectivity index (χ2n) is 4.84. The van der Waals surface area contributed by atoms with Crippen molar-refractivity contribution in [2.75, 3.05) is 31.9 Å². The first-order chi connectivity index (χ1) is 9.31. The molecule has 0 N–H and O–H groups in total. The van der Waals surface area contributed by atoms with Crippen LogP contribution >= 0.6 is 0 Å². The Morgan fingerprint density at radius 1 is 1.11 bits per heavy atom. The molecule has 0 saturated heterocycles. The number of anilines is 1. The Bertz CT molecular complexity index is 657. The zero-order chi connectivity index (χ0) is 12.8. The van der Waals surface area contributed by atoms with Crippen LogP contribution in [0.5, 0.6) is 11.5 Å². The SMILES string of the molecule is CN1COCc2cc3cc4c(cc3nc21)OCCO4. The Morgan fingerprint density at radius 2 is 1.89 bits per heavy atom. The summed E-state index contributed by atoms with van der Waals surface area (Å²) in [5, 5.41) is 1.06. The van der Waals surface area contributed by atoms with Gasteiger partial charge < -0.3 is 19.1 Å². The summed E-state index contributed by atoms with van der Waals surface area (Å²) >= 11 is 0. The smallest absolute Gasteiger partial charge is 0.163 e. The molecule has 2 aromatic rings. The number of hydrogen-bond acceptors (Lipinski definition) is 5. The molecule has 1 aromatic carbocycles. The van der Waals surface area contributed by atoms with E-state index in [4.69, 9.17) is 19.2 Å². The monoisotopic (exact) mass is 258 g/mol. The van der Waals surface area contributed by atoms with E-state index in [-0.39, 0.29) is 0 Å². The van der Waals surface area contributed by atoms with Crippen LogP contribution in [0.25, 0.3) is 10.9 Å². The summed E-state index contributed by atoms with van der Waals surface area (Å²) < 4.78 is 16.7. The van der Waals surface area contributed by atoms with Gasteiger partial charge in [-0.1, -0.05) is 0 Å². The summed E-state index contributed by atoms with van der Waals surface area (Å²) in [6, 6.07) is 6.06. The third-order valence-corrected chi connectivity index (χ3v) is 3.44. The summed E-state index contributed by atoms with van der Waals surface area (Å²) in [4.78, 5) is 6.72.